The smallest absolute Gasteiger partial charge is 0.238 e. The largest absolute Gasteiger partial charge is 0.353 e. The zero-order valence-electron chi connectivity index (χ0n) is 12.9. The van der Waals surface area contributed by atoms with E-state index < -0.39 is 0 Å². The second-order valence-electron chi connectivity index (χ2n) is 5.41. The van der Waals surface area contributed by atoms with E-state index in [4.69, 9.17) is 0 Å². The fraction of sp³-hybridized carbons (Fsp3) is 0.467. The van der Waals surface area contributed by atoms with Crippen LogP contribution in [0.1, 0.15) is 19.4 Å². The minimum Gasteiger partial charge on any atom is -0.353 e. The maximum atomic E-state index is 13.4. The highest BCUT2D eigenvalue weighted by molar-refractivity contribution is 5.92. The third-order valence-electron chi connectivity index (χ3n) is 2.73. The molecule has 0 aromatic heterocycles. The SMILES string of the molecule is Cc1ccc(NC(=O)CN(C)CC(=O)NC(C)C)cc1F. The van der Waals surface area contributed by atoms with E-state index in [1.54, 1.807) is 31.0 Å². The van der Waals surface area contributed by atoms with Gasteiger partial charge >= 0.3 is 0 Å². The average molecular weight is 295 g/mol. The molecule has 1 aromatic rings. The number of nitrogens with one attached hydrogen (secondary N) is 2. The van der Waals surface area contributed by atoms with Crippen LogP contribution in [0.25, 0.3) is 0 Å². The highest BCUT2D eigenvalue weighted by Crippen LogP contribution is 2.13. The second-order valence-corrected chi connectivity index (χ2v) is 5.41. The Kier molecular flexibility index (Phi) is 6.30. The predicted octanol–water partition coefficient (Wildman–Crippen LogP) is 1.53. The molecule has 0 saturated heterocycles. The summed E-state index contributed by atoms with van der Waals surface area (Å²) in [7, 11) is 1.68. The Bertz CT molecular complexity index is 518. The molecule has 0 aliphatic heterocycles. The standard InChI is InChI=1S/C15H22FN3O2/c1-10(2)17-14(20)8-19(4)9-15(21)18-12-6-5-11(3)13(16)7-12/h5-7,10H,8-9H2,1-4H3,(H,17,20)(H,18,21). The maximum absolute atomic E-state index is 13.4. The molecule has 0 fully saturated rings. The van der Waals surface area contributed by atoms with Gasteiger partial charge in [-0.25, -0.2) is 4.39 Å². The summed E-state index contributed by atoms with van der Waals surface area (Å²) in [4.78, 5) is 25.0. The van der Waals surface area contributed by atoms with Gasteiger partial charge in [-0.3, -0.25) is 14.5 Å². The van der Waals surface area contributed by atoms with Crippen molar-refractivity contribution in [1.82, 2.24) is 10.2 Å². The summed E-state index contributed by atoms with van der Waals surface area (Å²) in [6.45, 7) is 5.59. The molecule has 0 atom stereocenters. The number of nitrogens with zero attached hydrogens (tertiary/aromatic N) is 1. The van der Waals surface area contributed by atoms with Crippen molar-refractivity contribution < 1.29 is 14.0 Å². The number of aryl methyl sites for hydroxylation is 1. The summed E-state index contributed by atoms with van der Waals surface area (Å²) in [5, 5.41) is 5.35. The first-order valence-corrected chi connectivity index (χ1v) is 6.82. The minimum atomic E-state index is -0.363. The number of carbonyl (C=O) groups is 2. The number of amides is 2. The molecule has 0 unspecified atom stereocenters. The molecule has 0 radical (unpaired) electrons. The van der Waals surface area contributed by atoms with Gasteiger partial charge in [0.1, 0.15) is 5.82 Å². The molecule has 0 heterocycles. The molecule has 2 N–H and O–H groups in total. The molecule has 2 amide bonds. The van der Waals surface area contributed by atoms with Crippen LogP contribution in [-0.2, 0) is 9.59 Å². The molecule has 0 spiro atoms. The number of anilines is 1. The second kappa shape index (κ2) is 7.73. The number of benzene rings is 1. The lowest BCUT2D eigenvalue weighted by atomic mass is 10.2. The summed E-state index contributed by atoms with van der Waals surface area (Å²) in [6.07, 6.45) is 0. The summed E-state index contributed by atoms with van der Waals surface area (Å²) in [5.41, 5.74) is 0.929. The van der Waals surface area contributed by atoms with Gasteiger partial charge in [0.15, 0.2) is 0 Å². The summed E-state index contributed by atoms with van der Waals surface area (Å²) in [6, 6.07) is 4.58. The van der Waals surface area contributed by atoms with Gasteiger partial charge in [0.2, 0.25) is 11.8 Å². The third-order valence-corrected chi connectivity index (χ3v) is 2.73. The maximum Gasteiger partial charge on any atom is 0.238 e. The fourth-order valence-corrected chi connectivity index (χ4v) is 1.78. The van der Waals surface area contributed by atoms with Gasteiger partial charge in [-0.1, -0.05) is 6.07 Å². The van der Waals surface area contributed by atoms with E-state index in [-0.39, 0.29) is 36.8 Å². The zero-order chi connectivity index (χ0) is 16.0. The van der Waals surface area contributed by atoms with Crippen LogP contribution in [0, 0.1) is 12.7 Å². The van der Waals surface area contributed by atoms with Gasteiger partial charge in [-0.2, -0.15) is 0 Å². The summed E-state index contributed by atoms with van der Waals surface area (Å²) < 4.78 is 13.4. The number of hydrogen-bond acceptors (Lipinski definition) is 3. The Morgan fingerprint density at radius 1 is 1.24 bits per heavy atom. The fourth-order valence-electron chi connectivity index (χ4n) is 1.78. The molecule has 1 aromatic carbocycles. The van der Waals surface area contributed by atoms with Crippen LogP contribution in [0.15, 0.2) is 18.2 Å². The van der Waals surface area contributed by atoms with E-state index in [2.05, 4.69) is 10.6 Å². The summed E-state index contributed by atoms with van der Waals surface area (Å²) in [5.74, 6) is -0.794. The van der Waals surface area contributed by atoms with Crippen LogP contribution >= 0.6 is 0 Å². The number of likely N-dealkylation sites (N-methyl/N-ethyl adjacent to an activating group) is 1. The van der Waals surface area contributed by atoms with E-state index in [9.17, 15) is 14.0 Å². The molecular formula is C15H22FN3O2. The molecule has 116 valence electrons. The number of hydrogen-bond donors (Lipinski definition) is 2. The lowest BCUT2D eigenvalue weighted by Crippen LogP contribution is -2.41. The normalized spacial score (nSPS) is 10.8. The molecule has 0 saturated carbocycles. The van der Waals surface area contributed by atoms with E-state index in [0.717, 1.165) is 0 Å². The molecular weight excluding hydrogens is 273 g/mol. The Balaban J connectivity index is 2.45. The van der Waals surface area contributed by atoms with Crippen LogP contribution in [0.4, 0.5) is 10.1 Å². The highest BCUT2D eigenvalue weighted by atomic mass is 19.1. The number of carbonyl (C=O) groups excluding carboxylic acids is 2. The first-order valence-electron chi connectivity index (χ1n) is 6.82. The van der Waals surface area contributed by atoms with Crippen molar-refractivity contribution in [1.29, 1.82) is 0 Å². The van der Waals surface area contributed by atoms with Gasteiger partial charge < -0.3 is 10.6 Å². The van der Waals surface area contributed by atoms with Crippen LogP contribution in [0.3, 0.4) is 0 Å². The highest BCUT2D eigenvalue weighted by Gasteiger charge is 2.12. The molecule has 1 rings (SSSR count). The van der Waals surface area contributed by atoms with Gasteiger partial charge in [-0.05, 0) is 45.5 Å². The zero-order valence-corrected chi connectivity index (χ0v) is 12.9. The number of halogens is 1. The first-order chi connectivity index (χ1) is 9.77. The van der Waals surface area contributed by atoms with Crippen molar-refractivity contribution in [3.8, 4) is 0 Å². The topological polar surface area (TPSA) is 61.4 Å². The monoisotopic (exact) mass is 295 g/mol. The Morgan fingerprint density at radius 3 is 2.43 bits per heavy atom. The molecule has 0 aliphatic rings. The Hall–Kier alpha value is -1.95. The molecule has 6 heteroatoms. The molecule has 5 nitrogen and oxygen atoms in total. The quantitative estimate of drug-likeness (QED) is 0.836. The van der Waals surface area contributed by atoms with Gasteiger partial charge in [0.05, 0.1) is 13.1 Å². The molecule has 0 bridgehead atoms. The van der Waals surface area contributed by atoms with Gasteiger partial charge in [-0.15, -0.1) is 0 Å². The average Bonchev–Trinajstić information content (AvgIpc) is 2.32. The van der Waals surface area contributed by atoms with E-state index in [1.807, 2.05) is 13.8 Å². The minimum absolute atomic E-state index is 0.0566. The lowest BCUT2D eigenvalue weighted by molar-refractivity contribution is -0.123. The predicted molar refractivity (Wildman–Crippen MR) is 80.5 cm³/mol. The van der Waals surface area contributed by atoms with E-state index in [1.165, 1.54) is 6.07 Å². The van der Waals surface area contributed by atoms with E-state index in [0.29, 0.717) is 11.3 Å². The van der Waals surface area contributed by atoms with Crippen molar-refractivity contribution in [3.63, 3.8) is 0 Å². The Labute approximate surface area is 124 Å². The third kappa shape index (κ3) is 6.35. The van der Waals surface area contributed by atoms with Crippen molar-refractivity contribution in [2.45, 2.75) is 26.8 Å². The van der Waals surface area contributed by atoms with Crippen molar-refractivity contribution in [2.75, 3.05) is 25.5 Å². The van der Waals surface area contributed by atoms with E-state index >= 15 is 0 Å². The van der Waals surface area contributed by atoms with Crippen molar-refractivity contribution in [3.05, 3.63) is 29.6 Å². The van der Waals surface area contributed by atoms with Crippen molar-refractivity contribution >= 4 is 17.5 Å². The molecule has 21 heavy (non-hydrogen) atoms. The van der Waals surface area contributed by atoms with Crippen LogP contribution in [-0.4, -0.2) is 42.9 Å². The van der Waals surface area contributed by atoms with Crippen LogP contribution < -0.4 is 10.6 Å². The van der Waals surface area contributed by atoms with Gasteiger partial charge in [0.25, 0.3) is 0 Å². The Morgan fingerprint density at radius 2 is 1.86 bits per heavy atom. The number of rotatable bonds is 6. The first kappa shape index (κ1) is 17.1. The van der Waals surface area contributed by atoms with Crippen LogP contribution in [0.5, 0.6) is 0 Å². The lowest BCUT2D eigenvalue weighted by Gasteiger charge is -2.17. The summed E-state index contributed by atoms with van der Waals surface area (Å²) >= 11 is 0. The van der Waals surface area contributed by atoms with Crippen LogP contribution in [0.2, 0.25) is 0 Å². The van der Waals surface area contributed by atoms with Gasteiger partial charge in [0, 0.05) is 11.7 Å². The van der Waals surface area contributed by atoms with Crippen molar-refractivity contribution in [2.24, 2.45) is 0 Å². The molecule has 0 aliphatic carbocycles.